The Kier molecular flexibility index (Phi) is 5.00. The van der Waals surface area contributed by atoms with Gasteiger partial charge in [-0.3, -0.25) is 4.79 Å². The maximum absolute atomic E-state index is 11.5. The standard InChI is InChI=1S/C13H18N2O4/c1-13(2,3)19-8-11(16)15-7-9-4-5-10(12(17)18)14-6-9/h4-6H,7-8H2,1-3H3,(H,15,16)(H,17,18). The molecule has 6 heteroatoms. The predicted molar refractivity (Wildman–Crippen MR) is 68.7 cm³/mol. The molecule has 0 aromatic carbocycles. The third-order valence-electron chi connectivity index (χ3n) is 2.17. The van der Waals surface area contributed by atoms with Crippen LogP contribution in [0.2, 0.25) is 0 Å². The predicted octanol–water partition coefficient (Wildman–Crippen LogP) is 1.21. The van der Waals surface area contributed by atoms with Crippen molar-refractivity contribution in [3.8, 4) is 0 Å². The van der Waals surface area contributed by atoms with Crippen LogP contribution >= 0.6 is 0 Å². The summed E-state index contributed by atoms with van der Waals surface area (Å²) in [5.74, 6) is -1.30. The minimum absolute atomic E-state index is 0.00978. The van der Waals surface area contributed by atoms with Crippen molar-refractivity contribution in [2.75, 3.05) is 6.61 Å². The summed E-state index contributed by atoms with van der Waals surface area (Å²) in [6, 6.07) is 3.01. The van der Waals surface area contributed by atoms with Crippen LogP contribution in [-0.2, 0) is 16.1 Å². The first-order valence-electron chi connectivity index (χ1n) is 5.87. The van der Waals surface area contributed by atoms with Gasteiger partial charge in [0.15, 0.2) is 0 Å². The summed E-state index contributed by atoms with van der Waals surface area (Å²) in [5.41, 5.74) is 0.349. The highest BCUT2D eigenvalue weighted by Gasteiger charge is 2.12. The maximum Gasteiger partial charge on any atom is 0.354 e. The molecular formula is C13H18N2O4. The molecule has 1 aromatic heterocycles. The van der Waals surface area contributed by atoms with Gasteiger partial charge in [-0.1, -0.05) is 6.07 Å². The highest BCUT2D eigenvalue weighted by atomic mass is 16.5. The van der Waals surface area contributed by atoms with Crippen LogP contribution in [0.4, 0.5) is 0 Å². The van der Waals surface area contributed by atoms with Gasteiger partial charge in [0.2, 0.25) is 5.91 Å². The lowest BCUT2D eigenvalue weighted by molar-refractivity contribution is -0.130. The Morgan fingerprint density at radius 1 is 1.37 bits per heavy atom. The van der Waals surface area contributed by atoms with E-state index >= 15 is 0 Å². The topological polar surface area (TPSA) is 88.5 Å². The molecular weight excluding hydrogens is 248 g/mol. The largest absolute Gasteiger partial charge is 0.477 e. The molecule has 1 aromatic rings. The van der Waals surface area contributed by atoms with E-state index in [0.717, 1.165) is 5.56 Å². The highest BCUT2D eigenvalue weighted by molar-refractivity contribution is 5.85. The Balaban J connectivity index is 2.40. The van der Waals surface area contributed by atoms with Crippen LogP contribution in [0.1, 0.15) is 36.8 Å². The fourth-order valence-electron chi connectivity index (χ4n) is 1.19. The SMILES string of the molecule is CC(C)(C)OCC(=O)NCc1ccc(C(=O)O)nc1. The molecule has 0 aliphatic rings. The zero-order valence-electron chi connectivity index (χ0n) is 11.3. The zero-order chi connectivity index (χ0) is 14.5. The number of hydrogen-bond donors (Lipinski definition) is 2. The number of amides is 1. The lowest BCUT2D eigenvalue weighted by Gasteiger charge is -2.18. The van der Waals surface area contributed by atoms with Crippen molar-refractivity contribution in [1.82, 2.24) is 10.3 Å². The van der Waals surface area contributed by atoms with Crippen molar-refractivity contribution in [1.29, 1.82) is 0 Å². The van der Waals surface area contributed by atoms with E-state index in [1.54, 1.807) is 6.07 Å². The van der Waals surface area contributed by atoms with E-state index in [1.807, 2.05) is 20.8 Å². The van der Waals surface area contributed by atoms with Crippen molar-refractivity contribution in [2.24, 2.45) is 0 Å². The summed E-state index contributed by atoms with van der Waals surface area (Å²) >= 11 is 0. The van der Waals surface area contributed by atoms with Gasteiger partial charge >= 0.3 is 5.97 Å². The van der Waals surface area contributed by atoms with Crippen molar-refractivity contribution >= 4 is 11.9 Å². The molecule has 0 saturated carbocycles. The summed E-state index contributed by atoms with van der Waals surface area (Å²) in [5, 5.41) is 11.4. The average molecular weight is 266 g/mol. The fourth-order valence-corrected chi connectivity index (χ4v) is 1.19. The molecule has 6 nitrogen and oxygen atoms in total. The van der Waals surface area contributed by atoms with Gasteiger partial charge in [-0.2, -0.15) is 0 Å². The molecule has 0 fully saturated rings. The van der Waals surface area contributed by atoms with Crippen LogP contribution in [0, 0.1) is 0 Å². The Labute approximate surface area is 111 Å². The molecule has 0 aliphatic heterocycles. The third-order valence-corrected chi connectivity index (χ3v) is 2.17. The Morgan fingerprint density at radius 2 is 2.05 bits per heavy atom. The van der Waals surface area contributed by atoms with Gasteiger partial charge in [0, 0.05) is 12.7 Å². The molecule has 1 amide bonds. The second-order valence-corrected chi connectivity index (χ2v) is 5.03. The number of carboxylic acid groups (broad SMARTS) is 1. The van der Waals surface area contributed by atoms with E-state index < -0.39 is 5.97 Å². The first-order valence-corrected chi connectivity index (χ1v) is 5.87. The van der Waals surface area contributed by atoms with Gasteiger partial charge in [0.05, 0.1) is 5.60 Å². The number of pyridine rings is 1. The van der Waals surface area contributed by atoms with E-state index in [1.165, 1.54) is 12.3 Å². The van der Waals surface area contributed by atoms with E-state index in [2.05, 4.69) is 10.3 Å². The van der Waals surface area contributed by atoms with Crippen LogP contribution in [-0.4, -0.2) is 34.2 Å². The minimum Gasteiger partial charge on any atom is -0.477 e. The first kappa shape index (κ1) is 15.1. The van der Waals surface area contributed by atoms with Crippen LogP contribution in [0.25, 0.3) is 0 Å². The van der Waals surface area contributed by atoms with Crippen molar-refractivity contribution in [2.45, 2.75) is 32.9 Å². The molecule has 104 valence electrons. The summed E-state index contributed by atoms with van der Waals surface area (Å²) in [6.45, 7) is 5.89. The number of nitrogens with one attached hydrogen (secondary N) is 1. The normalized spacial score (nSPS) is 11.1. The molecule has 0 radical (unpaired) electrons. The molecule has 0 aliphatic carbocycles. The van der Waals surface area contributed by atoms with E-state index in [-0.39, 0.29) is 23.8 Å². The number of hydrogen-bond acceptors (Lipinski definition) is 4. The molecule has 0 spiro atoms. The Bertz CT molecular complexity index is 449. The van der Waals surface area contributed by atoms with E-state index in [9.17, 15) is 9.59 Å². The summed E-state index contributed by atoms with van der Waals surface area (Å²) in [4.78, 5) is 25.9. The van der Waals surface area contributed by atoms with Crippen LogP contribution in [0.5, 0.6) is 0 Å². The zero-order valence-corrected chi connectivity index (χ0v) is 11.3. The number of carbonyl (C=O) groups excluding carboxylic acids is 1. The number of carbonyl (C=O) groups is 2. The van der Waals surface area contributed by atoms with Crippen molar-refractivity contribution < 1.29 is 19.4 Å². The second kappa shape index (κ2) is 6.29. The van der Waals surface area contributed by atoms with Gasteiger partial charge < -0.3 is 15.2 Å². The average Bonchev–Trinajstić information content (AvgIpc) is 2.33. The van der Waals surface area contributed by atoms with Crippen LogP contribution < -0.4 is 5.32 Å². The number of rotatable bonds is 5. The Hall–Kier alpha value is -1.95. The molecule has 2 N–H and O–H groups in total. The number of carboxylic acids is 1. The Morgan fingerprint density at radius 3 is 2.53 bits per heavy atom. The summed E-state index contributed by atoms with van der Waals surface area (Å²) < 4.78 is 5.32. The first-order chi connectivity index (χ1) is 8.78. The molecule has 0 unspecified atom stereocenters. The van der Waals surface area contributed by atoms with Gasteiger partial charge in [-0.15, -0.1) is 0 Å². The van der Waals surface area contributed by atoms with Crippen molar-refractivity contribution in [3.05, 3.63) is 29.6 Å². The number of aromatic nitrogens is 1. The van der Waals surface area contributed by atoms with Crippen molar-refractivity contribution in [3.63, 3.8) is 0 Å². The molecule has 1 rings (SSSR count). The molecule has 19 heavy (non-hydrogen) atoms. The second-order valence-electron chi connectivity index (χ2n) is 5.03. The highest BCUT2D eigenvalue weighted by Crippen LogP contribution is 2.05. The van der Waals surface area contributed by atoms with Gasteiger partial charge in [-0.05, 0) is 32.4 Å². The van der Waals surface area contributed by atoms with Gasteiger partial charge in [0.25, 0.3) is 0 Å². The monoisotopic (exact) mass is 266 g/mol. The quantitative estimate of drug-likeness (QED) is 0.836. The van der Waals surface area contributed by atoms with E-state index in [4.69, 9.17) is 9.84 Å². The van der Waals surface area contributed by atoms with Gasteiger partial charge in [0.1, 0.15) is 12.3 Å². The summed E-state index contributed by atoms with van der Waals surface area (Å²) in [6.07, 6.45) is 1.42. The fraction of sp³-hybridized carbons (Fsp3) is 0.462. The van der Waals surface area contributed by atoms with E-state index in [0.29, 0.717) is 6.54 Å². The smallest absolute Gasteiger partial charge is 0.354 e. The number of ether oxygens (including phenoxy) is 1. The third kappa shape index (κ3) is 5.96. The lowest BCUT2D eigenvalue weighted by Crippen LogP contribution is -2.31. The molecule has 1 heterocycles. The molecule has 0 saturated heterocycles. The maximum atomic E-state index is 11.5. The number of nitrogens with zero attached hydrogens (tertiary/aromatic N) is 1. The number of aromatic carboxylic acids is 1. The molecule has 0 bridgehead atoms. The van der Waals surface area contributed by atoms with Crippen LogP contribution in [0.3, 0.4) is 0 Å². The lowest BCUT2D eigenvalue weighted by atomic mass is 10.2. The van der Waals surface area contributed by atoms with Gasteiger partial charge in [-0.25, -0.2) is 9.78 Å². The summed E-state index contributed by atoms with van der Waals surface area (Å²) in [7, 11) is 0. The minimum atomic E-state index is -1.07. The molecule has 0 atom stereocenters. The van der Waals surface area contributed by atoms with Crippen LogP contribution in [0.15, 0.2) is 18.3 Å².